The summed E-state index contributed by atoms with van der Waals surface area (Å²) in [4.78, 5) is 21.7. The molecular formula is C11H14N2O3. The van der Waals surface area contributed by atoms with E-state index in [1.54, 1.807) is 18.2 Å². The summed E-state index contributed by atoms with van der Waals surface area (Å²) < 4.78 is 0. The number of carboxylic acids is 1. The number of hydrogen-bond acceptors (Lipinski definition) is 4. The Hall–Kier alpha value is -1.88. The largest absolute Gasteiger partial charge is 0.480 e. The summed E-state index contributed by atoms with van der Waals surface area (Å²) in [7, 11) is 0. The Morgan fingerprint density at radius 3 is 2.50 bits per heavy atom. The highest BCUT2D eigenvalue weighted by Crippen LogP contribution is 2.15. The number of carboxylic acid groups (broad SMARTS) is 1. The van der Waals surface area contributed by atoms with Crippen molar-refractivity contribution in [2.24, 2.45) is 5.73 Å². The zero-order valence-electron chi connectivity index (χ0n) is 8.93. The first-order valence-corrected chi connectivity index (χ1v) is 4.79. The molecule has 5 N–H and O–H groups in total. The lowest BCUT2D eigenvalue weighted by molar-refractivity contribution is -0.138. The third kappa shape index (κ3) is 2.80. The zero-order valence-corrected chi connectivity index (χ0v) is 8.93. The minimum atomic E-state index is -1.06. The first-order valence-electron chi connectivity index (χ1n) is 4.79. The number of nitrogens with two attached hydrogens (primary N) is 2. The van der Waals surface area contributed by atoms with Crippen LogP contribution in [0.3, 0.4) is 0 Å². The molecule has 0 saturated carbocycles. The number of benzene rings is 1. The molecule has 0 radical (unpaired) electrons. The highest BCUT2D eigenvalue weighted by molar-refractivity contribution is 5.99. The molecule has 86 valence electrons. The molecule has 0 aliphatic rings. The Morgan fingerprint density at radius 1 is 1.44 bits per heavy atom. The molecule has 1 aromatic rings. The van der Waals surface area contributed by atoms with Gasteiger partial charge < -0.3 is 16.6 Å². The van der Waals surface area contributed by atoms with Gasteiger partial charge in [-0.2, -0.15) is 0 Å². The third-order valence-corrected chi connectivity index (χ3v) is 2.27. The van der Waals surface area contributed by atoms with E-state index in [9.17, 15) is 9.59 Å². The molecule has 0 aromatic heterocycles. The van der Waals surface area contributed by atoms with Crippen molar-refractivity contribution >= 4 is 17.4 Å². The number of ketones is 1. The number of rotatable bonds is 4. The SMILES string of the molecule is CC(=O)c1ccc(CC(N)C(=O)O)cc1N. The molecule has 1 aromatic carbocycles. The fraction of sp³-hybridized carbons (Fsp3) is 0.273. The van der Waals surface area contributed by atoms with E-state index < -0.39 is 12.0 Å². The van der Waals surface area contributed by atoms with Crippen LogP contribution in [-0.2, 0) is 11.2 Å². The highest BCUT2D eigenvalue weighted by atomic mass is 16.4. The average molecular weight is 222 g/mol. The van der Waals surface area contributed by atoms with E-state index >= 15 is 0 Å². The van der Waals surface area contributed by atoms with Crippen LogP contribution in [0.1, 0.15) is 22.8 Å². The van der Waals surface area contributed by atoms with Crippen molar-refractivity contribution in [3.8, 4) is 0 Å². The summed E-state index contributed by atoms with van der Waals surface area (Å²) in [5, 5.41) is 8.65. The van der Waals surface area contributed by atoms with Crippen molar-refractivity contribution in [3.63, 3.8) is 0 Å². The van der Waals surface area contributed by atoms with Gasteiger partial charge in [0, 0.05) is 11.3 Å². The van der Waals surface area contributed by atoms with E-state index in [1.807, 2.05) is 0 Å². The molecule has 0 bridgehead atoms. The Balaban J connectivity index is 2.89. The molecule has 1 atom stereocenters. The predicted molar refractivity (Wildman–Crippen MR) is 60.2 cm³/mol. The van der Waals surface area contributed by atoms with Gasteiger partial charge in [0.1, 0.15) is 6.04 Å². The van der Waals surface area contributed by atoms with Crippen LogP contribution >= 0.6 is 0 Å². The zero-order chi connectivity index (χ0) is 12.3. The van der Waals surface area contributed by atoms with Gasteiger partial charge in [-0.05, 0) is 31.0 Å². The Labute approximate surface area is 93.1 Å². The fourth-order valence-electron chi connectivity index (χ4n) is 1.40. The molecule has 5 nitrogen and oxygen atoms in total. The van der Waals surface area contributed by atoms with E-state index in [1.165, 1.54) is 6.92 Å². The van der Waals surface area contributed by atoms with E-state index in [4.69, 9.17) is 16.6 Å². The number of nitrogen functional groups attached to an aromatic ring is 1. The second kappa shape index (κ2) is 4.76. The van der Waals surface area contributed by atoms with Crippen LogP contribution < -0.4 is 11.5 Å². The predicted octanol–water partition coefficient (Wildman–Crippen LogP) is 0.426. The summed E-state index contributed by atoms with van der Waals surface area (Å²) in [5.74, 6) is -1.18. The number of aliphatic carboxylic acids is 1. The topological polar surface area (TPSA) is 106 Å². The van der Waals surface area contributed by atoms with Gasteiger partial charge in [0.05, 0.1) is 0 Å². The molecule has 0 aliphatic carbocycles. The van der Waals surface area contributed by atoms with Crippen LogP contribution in [-0.4, -0.2) is 22.9 Å². The first-order chi connectivity index (χ1) is 7.41. The second-order valence-electron chi connectivity index (χ2n) is 3.63. The van der Waals surface area contributed by atoms with Crippen molar-refractivity contribution in [1.29, 1.82) is 0 Å². The van der Waals surface area contributed by atoms with Crippen molar-refractivity contribution in [3.05, 3.63) is 29.3 Å². The van der Waals surface area contributed by atoms with Gasteiger partial charge in [-0.1, -0.05) is 6.07 Å². The quantitative estimate of drug-likeness (QED) is 0.505. The molecule has 1 rings (SSSR count). The summed E-state index contributed by atoms with van der Waals surface area (Å²) in [6.45, 7) is 1.42. The van der Waals surface area contributed by atoms with Gasteiger partial charge in [0.2, 0.25) is 0 Å². The lowest BCUT2D eigenvalue weighted by atomic mass is 10.0. The summed E-state index contributed by atoms with van der Waals surface area (Å²) in [5.41, 5.74) is 12.5. The van der Waals surface area contributed by atoms with Crippen LogP contribution in [0.2, 0.25) is 0 Å². The van der Waals surface area contributed by atoms with E-state index in [0.29, 0.717) is 16.8 Å². The third-order valence-electron chi connectivity index (χ3n) is 2.27. The number of Topliss-reactive ketones (excluding diaryl/α,β-unsaturated/α-hetero) is 1. The Morgan fingerprint density at radius 2 is 2.06 bits per heavy atom. The first kappa shape index (κ1) is 12.2. The smallest absolute Gasteiger partial charge is 0.320 e. The molecule has 0 heterocycles. The summed E-state index contributed by atoms with van der Waals surface area (Å²) in [6.07, 6.45) is 0.192. The van der Waals surface area contributed by atoms with Gasteiger partial charge in [-0.3, -0.25) is 9.59 Å². The lowest BCUT2D eigenvalue weighted by Crippen LogP contribution is -2.32. The van der Waals surface area contributed by atoms with Gasteiger partial charge >= 0.3 is 5.97 Å². The van der Waals surface area contributed by atoms with Gasteiger partial charge in [0.15, 0.2) is 5.78 Å². The maximum Gasteiger partial charge on any atom is 0.320 e. The van der Waals surface area contributed by atoms with E-state index in [-0.39, 0.29) is 12.2 Å². The number of hydrogen-bond donors (Lipinski definition) is 3. The molecule has 0 fully saturated rings. The molecule has 0 spiro atoms. The van der Waals surface area contributed by atoms with Gasteiger partial charge in [-0.15, -0.1) is 0 Å². The highest BCUT2D eigenvalue weighted by Gasteiger charge is 2.13. The van der Waals surface area contributed by atoms with Crippen molar-refractivity contribution in [2.75, 3.05) is 5.73 Å². The lowest BCUT2D eigenvalue weighted by Gasteiger charge is -2.08. The van der Waals surface area contributed by atoms with E-state index in [0.717, 1.165) is 0 Å². The number of carbonyl (C=O) groups is 2. The molecule has 16 heavy (non-hydrogen) atoms. The second-order valence-corrected chi connectivity index (χ2v) is 3.63. The minimum Gasteiger partial charge on any atom is -0.480 e. The molecule has 0 amide bonds. The summed E-state index contributed by atoms with van der Waals surface area (Å²) >= 11 is 0. The maximum absolute atomic E-state index is 11.1. The molecule has 5 heteroatoms. The monoisotopic (exact) mass is 222 g/mol. The van der Waals surface area contributed by atoms with Crippen LogP contribution in [0.5, 0.6) is 0 Å². The number of carbonyl (C=O) groups excluding carboxylic acids is 1. The summed E-state index contributed by atoms with van der Waals surface area (Å²) in [6, 6.07) is 3.87. The maximum atomic E-state index is 11.1. The molecular weight excluding hydrogens is 208 g/mol. The Kier molecular flexibility index (Phi) is 3.63. The van der Waals surface area contributed by atoms with Crippen LogP contribution in [0.4, 0.5) is 5.69 Å². The van der Waals surface area contributed by atoms with Crippen molar-refractivity contribution in [2.45, 2.75) is 19.4 Å². The van der Waals surface area contributed by atoms with Gasteiger partial charge in [0.25, 0.3) is 0 Å². The fourth-order valence-corrected chi connectivity index (χ4v) is 1.40. The number of anilines is 1. The minimum absolute atomic E-state index is 0.119. The van der Waals surface area contributed by atoms with Crippen LogP contribution in [0.15, 0.2) is 18.2 Å². The van der Waals surface area contributed by atoms with E-state index in [2.05, 4.69) is 0 Å². The average Bonchev–Trinajstić information content (AvgIpc) is 2.16. The van der Waals surface area contributed by atoms with Gasteiger partial charge in [-0.25, -0.2) is 0 Å². The normalized spacial score (nSPS) is 12.1. The van der Waals surface area contributed by atoms with Crippen molar-refractivity contribution < 1.29 is 14.7 Å². The van der Waals surface area contributed by atoms with Crippen LogP contribution in [0.25, 0.3) is 0 Å². The standard InChI is InChI=1S/C11H14N2O3/c1-6(14)8-3-2-7(4-9(8)12)5-10(13)11(15)16/h2-4,10H,5,12-13H2,1H3,(H,15,16). The molecule has 1 unspecified atom stereocenters. The molecule has 0 saturated heterocycles. The van der Waals surface area contributed by atoms with Crippen molar-refractivity contribution in [1.82, 2.24) is 0 Å². The van der Waals surface area contributed by atoms with Crippen LogP contribution in [0, 0.1) is 0 Å². The molecule has 0 aliphatic heterocycles. The Bertz CT molecular complexity index is 429.